The van der Waals surface area contributed by atoms with Crippen LogP contribution in [0, 0.1) is 6.92 Å². The average molecular weight is 272 g/mol. The van der Waals surface area contributed by atoms with Crippen molar-refractivity contribution in [2.24, 2.45) is 0 Å². The summed E-state index contributed by atoms with van der Waals surface area (Å²) in [6.45, 7) is 6.21. The summed E-state index contributed by atoms with van der Waals surface area (Å²) in [5, 5.41) is 3.26. The molecular formula is C11H20N4O2S. The van der Waals surface area contributed by atoms with Crippen molar-refractivity contribution in [1.82, 2.24) is 19.6 Å². The van der Waals surface area contributed by atoms with Crippen LogP contribution in [0.15, 0.2) is 11.2 Å². The molecule has 1 unspecified atom stereocenters. The third-order valence-electron chi connectivity index (χ3n) is 3.08. The van der Waals surface area contributed by atoms with Gasteiger partial charge < -0.3 is 9.88 Å². The summed E-state index contributed by atoms with van der Waals surface area (Å²) in [6, 6.07) is -0.0216. The van der Waals surface area contributed by atoms with Crippen molar-refractivity contribution < 1.29 is 8.42 Å². The number of aryl methyl sites for hydroxylation is 2. The zero-order chi connectivity index (χ0) is 13.2. The number of hydrogen-bond donors (Lipinski definition) is 2. The molecule has 1 aromatic heterocycles. The highest BCUT2D eigenvalue weighted by atomic mass is 32.2. The number of nitrogens with zero attached hydrogens (tertiary/aromatic N) is 2. The van der Waals surface area contributed by atoms with E-state index in [4.69, 9.17) is 0 Å². The lowest BCUT2D eigenvalue weighted by molar-refractivity contribution is 0.556. The van der Waals surface area contributed by atoms with Crippen LogP contribution in [0.25, 0.3) is 0 Å². The zero-order valence-corrected chi connectivity index (χ0v) is 11.6. The molecule has 0 aliphatic carbocycles. The van der Waals surface area contributed by atoms with Crippen molar-refractivity contribution in [3.05, 3.63) is 12.0 Å². The van der Waals surface area contributed by atoms with Crippen LogP contribution >= 0.6 is 0 Å². The van der Waals surface area contributed by atoms with E-state index in [1.54, 1.807) is 6.20 Å². The number of hydrogen-bond acceptors (Lipinski definition) is 4. The van der Waals surface area contributed by atoms with E-state index in [0.29, 0.717) is 6.54 Å². The van der Waals surface area contributed by atoms with Crippen LogP contribution in [0.5, 0.6) is 0 Å². The molecule has 18 heavy (non-hydrogen) atoms. The summed E-state index contributed by atoms with van der Waals surface area (Å²) in [4.78, 5) is 4.14. The van der Waals surface area contributed by atoms with E-state index in [9.17, 15) is 8.42 Å². The molecule has 0 amide bonds. The van der Waals surface area contributed by atoms with Crippen molar-refractivity contribution in [3.63, 3.8) is 0 Å². The largest absolute Gasteiger partial charge is 0.334 e. The predicted octanol–water partition coefficient (Wildman–Crippen LogP) is 0.242. The Morgan fingerprint density at radius 3 is 3.00 bits per heavy atom. The lowest BCUT2D eigenvalue weighted by Gasteiger charge is -2.09. The first kappa shape index (κ1) is 13.5. The molecule has 0 saturated carbocycles. The molecule has 1 atom stereocenters. The Morgan fingerprint density at radius 2 is 2.39 bits per heavy atom. The minimum absolute atomic E-state index is 0.0216. The van der Waals surface area contributed by atoms with Crippen molar-refractivity contribution in [3.8, 4) is 0 Å². The molecule has 0 radical (unpaired) electrons. The molecule has 2 N–H and O–H groups in total. The molecule has 1 fully saturated rings. The van der Waals surface area contributed by atoms with E-state index < -0.39 is 10.0 Å². The van der Waals surface area contributed by atoms with E-state index in [2.05, 4.69) is 21.9 Å². The highest BCUT2D eigenvalue weighted by Crippen LogP contribution is 2.11. The van der Waals surface area contributed by atoms with Gasteiger partial charge in [0.2, 0.25) is 0 Å². The maximum absolute atomic E-state index is 12.1. The van der Waals surface area contributed by atoms with Crippen LogP contribution < -0.4 is 10.0 Å². The number of aromatic nitrogens is 2. The number of rotatable bonds is 5. The van der Waals surface area contributed by atoms with Crippen LogP contribution in [0.3, 0.4) is 0 Å². The van der Waals surface area contributed by atoms with Crippen LogP contribution in [0.4, 0.5) is 0 Å². The van der Waals surface area contributed by atoms with Gasteiger partial charge in [-0.2, -0.15) is 0 Å². The molecule has 6 nitrogen and oxygen atoms in total. The normalized spacial score (nSPS) is 20.4. The first-order chi connectivity index (χ1) is 8.53. The van der Waals surface area contributed by atoms with E-state index in [0.717, 1.165) is 31.8 Å². The quantitative estimate of drug-likeness (QED) is 0.805. The molecule has 0 spiro atoms. The molecule has 1 saturated heterocycles. The highest BCUT2D eigenvalue weighted by molar-refractivity contribution is 7.89. The van der Waals surface area contributed by atoms with Gasteiger partial charge in [-0.15, -0.1) is 0 Å². The van der Waals surface area contributed by atoms with Gasteiger partial charge >= 0.3 is 0 Å². The summed E-state index contributed by atoms with van der Waals surface area (Å²) < 4.78 is 28.9. The molecule has 102 valence electrons. The number of sulfonamides is 1. The molecule has 0 aromatic carbocycles. The fourth-order valence-electron chi connectivity index (χ4n) is 2.11. The maximum atomic E-state index is 12.1. The third kappa shape index (κ3) is 2.90. The molecule has 1 aliphatic heterocycles. The van der Waals surface area contributed by atoms with Crippen LogP contribution in [-0.2, 0) is 16.6 Å². The molecular weight excluding hydrogens is 252 g/mol. The topological polar surface area (TPSA) is 76.0 Å². The van der Waals surface area contributed by atoms with Gasteiger partial charge in [0.15, 0.2) is 5.03 Å². The van der Waals surface area contributed by atoms with Crippen LogP contribution in [-0.4, -0.2) is 37.1 Å². The second-order valence-electron chi connectivity index (χ2n) is 4.63. The zero-order valence-electron chi connectivity index (χ0n) is 10.8. The van der Waals surface area contributed by atoms with E-state index in [1.807, 2.05) is 11.5 Å². The van der Waals surface area contributed by atoms with Crippen molar-refractivity contribution >= 4 is 10.0 Å². The van der Waals surface area contributed by atoms with E-state index >= 15 is 0 Å². The number of imidazole rings is 1. The van der Waals surface area contributed by atoms with E-state index in [1.165, 1.54) is 0 Å². The lowest BCUT2D eigenvalue weighted by atomic mass is 10.3. The molecule has 0 bridgehead atoms. The Labute approximate surface area is 108 Å². The highest BCUT2D eigenvalue weighted by Gasteiger charge is 2.25. The first-order valence-corrected chi connectivity index (χ1v) is 7.78. The minimum atomic E-state index is -3.49. The van der Waals surface area contributed by atoms with Crippen molar-refractivity contribution in [2.45, 2.75) is 44.3 Å². The average Bonchev–Trinajstić information content (AvgIpc) is 2.90. The van der Waals surface area contributed by atoms with Crippen LogP contribution in [0.2, 0.25) is 0 Å². The Bertz CT molecular complexity index is 503. The predicted molar refractivity (Wildman–Crippen MR) is 68.9 cm³/mol. The summed E-state index contributed by atoms with van der Waals surface area (Å²) in [5.41, 5.74) is 0. The van der Waals surface area contributed by atoms with Gasteiger partial charge in [-0.3, -0.25) is 0 Å². The molecule has 2 rings (SSSR count). The fourth-order valence-corrected chi connectivity index (χ4v) is 3.39. The summed E-state index contributed by atoms with van der Waals surface area (Å²) >= 11 is 0. The Hall–Kier alpha value is -0.920. The minimum Gasteiger partial charge on any atom is -0.334 e. The first-order valence-electron chi connectivity index (χ1n) is 6.29. The standard InChI is InChI=1S/C11H20N4O2S/c1-3-6-15-8-11(13-9(15)2)18(16,17)14-10-4-5-12-7-10/h8,10,12,14H,3-7H2,1-2H3. The summed E-state index contributed by atoms with van der Waals surface area (Å²) in [6.07, 6.45) is 3.40. The van der Waals surface area contributed by atoms with Gasteiger partial charge in [0.05, 0.1) is 0 Å². The van der Waals surface area contributed by atoms with Crippen molar-refractivity contribution in [2.75, 3.05) is 13.1 Å². The van der Waals surface area contributed by atoms with Crippen LogP contribution in [0.1, 0.15) is 25.6 Å². The third-order valence-corrected chi connectivity index (χ3v) is 4.47. The molecule has 1 aliphatic rings. The lowest BCUT2D eigenvalue weighted by Crippen LogP contribution is -2.36. The molecule has 1 aromatic rings. The van der Waals surface area contributed by atoms with Gasteiger partial charge in [0.25, 0.3) is 10.0 Å². The Kier molecular flexibility index (Phi) is 4.04. The molecule has 7 heteroatoms. The second-order valence-corrected chi connectivity index (χ2v) is 6.29. The van der Waals surface area contributed by atoms with Gasteiger partial charge in [-0.25, -0.2) is 18.1 Å². The fraction of sp³-hybridized carbons (Fsp3) is 0.727. The Balaban J connectivity index is 2.15. The number of nitrogens with one attached hydrogen (secondary N) is 2. The Morgan fingerprint density at radius 1 is 1.61 bits per heavy atom. The summed E-state index contributed by atoms with van der Waals surface area (Å²) in [7, 11) is -3.49. The van der Waals surface area contributed by atoms with Crippen molar-refractivity contribution in [1.29, 1.82) is 0 Å². The van der Waals surface area contributed by atoms with E-state index in [-0.39, 0.29) is 11.1 Å². The van der Waals surface area contributed by atoms with Gasteiger partial charge in [0, 0.05) is 25.3 Å². The van der Waals surface area contributed by atoms with Gasteiger partial charge in [0.1, 0.15) is 5.82 Å². The monoisotopic (exact) mass is 272 g/mol. The smallest absolute Gasteiger partial charge is 0.259 e. The molecule has 2 heterocycles. The van der Waals surface area contributed by atoms with Gasteiger partial charge in [-0.05, 0) is 26.3 Å². The second kappa shape index (κ2) is 5.38. The van der Waals surface area contributed by atoms with Gasteiger partial charge in [-0.1, -0.05) is 6.92 Å². The maximum Gasteiger partial charge on any atom is 0.259 e. The summed E-state index contributed by atoms with van der Waals surface area (Å²) in [5.74, 6) is 0.738. The SMILES string of the molecule is CCCn1cc(S(=O)(=O)NC2CCNC2)nc1C.